The molecule has 1 aromatic rings. The largest absolute Gasteiger partial charge is 0.396 e. The lowest BCUT2D eigenvalue weighted by atomic mass is 9.51. The number of guanidine groups is 1. The van der Waals surface area contributed by atoms with Crippen LogP contribution in [0.1, 0.15) is 44.1 Å². The van der Waals surface area contributed by atoms with Crippen molar-refractivity contribution in [2.45, 2.75) is 50.7 Å². The fourth-order valence-electron chi connectivity index (χ4n) is 4.23. The molecular weight excluding hydrogens is 314 g/mol. The minimum Gasteiger partial charge on any atom is -0.396 e. The quantitative estimate of drug-likeness (QED) is 0.524. The van der Waals surface area contributed by atoms with Gasteiger partial charge < -0.3 is 20.5 Å². The Morgan fingerprint density at radius 3 is 2.68 bits per heavy atom. The highest BCUT2D eigenvalue weighted by atomic mass is 16.5. The molecule has 3 N–H and O–H groups in total. The second kappa shape index (κ2) is 8.19. The summed E-state index contributed by atoms with van der Waals surface area (Å²) >= 11 is 0. The van der Waals surface area contributed by atoms with Gasteiger partial charge in [-0.15, -0.1) is 0 Å². The highest BCUT2D eigenvalue weighted by Crippen LogP contribution is 2.57. The number of rotatable bonds is 7. The summed E-state index contributed by atoms with van der Waals surface area (Å²) < 4.78 is 5.92. The van der Waals surface area contributed by atoms with Crippen molar-refractivity contribution in [2.24, 2.45) is 10.4 Å². The number of nitrogens with zero attached hydrogens (tertiary/aromatic N) is 1. The molecule has 0 heterocycles. The van der Waals surface area contributed by atoms with Crippen molar-refractivity contribution in [1.29, 1.82) is 0 Å². The van der Waals surface area contributed by atoms with Gasteiger partial charge in [0.1, 0.15) is 0 Å². The topological polar surface area (TPSA) is 65.9 Å². The van der Waals surface area contributed by atoms with Crippen LogP contribution in [0.25, 0.3) is 0 Å². The Bertz CT molecular complexity index is 572. The van der Waals surface area contributed by atoms with Crippen molar-refractivity contribution in [3.05, 3.63) is 35.9 Å². The van der Waals surface area contributed by atoms with E-state index in [1.54, 1.807) is 7.05 Å². The van der Waals surface area contributed by atoms with Crippen molar-refractivity contribution >= 4 is 5.96 Å². The normalized spacial score (nSPS) is 25.8. The lowest BCUT2D eigenvalue weighted by molar-refractivity contribution is -0.168. The maximum absolute atomic E-state index is 9.71. The number of nitrogens with one attached hydrogen (secondary N) is 2. The standard InChI is InChI=1S/C20H31N3O2/c1-3-25-18-12-17(20(18)10-7-11-20)23-19(21-2)22-13-16(14-24)15-8-5-4-6-9-15/h4-6,8-9,16-18,24H,3,7,10-14H2,1-2H3,(H2,21,22,23). The zero-order valence-corrected chi connectivity index (χ0v) is 15.4. The Balaban J connectivity index is 1.53. The smallest absolute Gasteiger partial charge is 0.191 e. The molecule has 25 heavy (non-hydrogen) atoms. The van der Waals surface area contributed by atoms with E-state index in [1.807, 2.05) is 18.2 Å². The van der Waals surface area contributed by atoms with Crippen LogP contribution in [-0.2, 0) is 4.74 Å². The van der Waals surface area contributed by atoms with E-state index in [9.17, 15) is 5.11 Å². The van der Waals surface area contributed by atoms with E-state index in [0.29, 0.717) is 24.1 Å². The maximum Gasteiger partial charge on any atom is 0.191 e. The molecule has 3 atom stereocenters. The third-order valence-electron chi connectivity index (χ3n) is 5.98. The van der Waals surface area contributed by atoms with Crippen LogP contribution in [0.2, 0.25) is 0 Å². The predicted molar refractivity (Wildman–Crippen MR) is 101 cm³/mol. The molecule has 0 amide bonds. The highest BCUT2D eigenvalue weighted by Gasteiger charge is 2.59. The summed E-state index contributed by atoms with van der Waals surface area (Å²) in [5.41, 5.74) is 1.45. The van der Waals surface area contributed by atoms with Gasteiger partial charge >= 0.3 is 0 Å². The Morgan fingerprint density at radius 2 is 2.12 bits per heavy atom. The van der Waals surface area contributed by atoms with Crippen LogP contribution in [0.3, 0.4) is 0 Å². The van der Waals surface area contributed by atoms with Gasteiger partial charge in [0.25, 0.3) is 0 Å². The van der Waals surface area contributed by atoms with E-state index >= 15 is 0 Å². The van der Waals surface area contributed by atoms with Gasteiger partial charge in [0.15, 0.2) is 5.96 Å². The molecule has 3 unspecified atom stereocenters. The van der Waals surface area contributed by atoms with Gasteiger partial charge in [0, 0.05) is 37.6 Å². The molecule has 2 fully saturated rings. The first-order chi connectivity index (χ1) is 12.2. The number of aliphatic hydroxyl groups is 1. The Hall–Kier alpha value is -1.59. The van der Waals surface area contributed by atoms with Gasteiger partial charge in [0.05, 0.1) is 12.7 Å². The monoisotopic (exact) mass is 345 g/mol. The van der Waals surface area contributed by atoms with Crippen LogP contribution in [0.15, 0.2) is 35.3 Å². The molecule has 138 valence electrons. The average Bonchev–Trinajstić information content (AvgIpc) is 2.59. The maximum atomic E-state index is 9.71. The van der Waals surface area contributed by atoms with Crippen LogP contribution in [0.5, 0.6) is 0 Å². The van der Waals surface area contributed by atoms with Crippen molar-refractivity contribution in [3.63, 3.8) is 0 Å². The molecule has 0 aliphatic heterocycles. The third kappa shape index (κ3) is 3.67. The van der Waals surface area contributed by atoms with Crippen molar-refractivity contribution in [3.8, 4) is 0 Å². The van der Waals surface area contributed by atoms with Gasteiger partial charge in [0.2, 0.25) is 0 Å². The number of hydrogen-bond donors (Lipinski definition) is 3. The lowest BCUT2D eigenvalue weighted by Crippen LogP contribution is -2.68. The van der Waals surface area contributed by atoms with Gasteiger partial charge in [-0.1, -0.05) is 36.8 Å². The van der Waals surface area contributed by atoms with E-state index in [1.165, 1.54) is 19.3 Å². The number of benzene rings is 1. The number of aliphatic imine (C=N–C) groups is 1. The fourth-order valence-corrected chi connectivity index (χ4v) is 4.23. The number of aliphatic hydroxyl groups excluding tert-OH is 1. The summed E-state index contributed by atoms with van der Waals surface area (Å²) in [6.45, 7) is 3.65. The van der Waals surface area contributed by atoms with Crippen LogP contribution in [0, 0.1) is 5.41 Å². The molecule has 1 aromatic carbocycles. The highest BCUT2D eigenvalue weighted by molar-refractivity contribution is 5.80. The summed E-state index contributed by atoms with van der Waals surface area (Å²) in [5.74, 6) is 0.885. The van der Waals surface area contributed by atoms with E-state index < -0.39 is 0 Å². The van der Waals surface area contributed by atoms with Crippen LogP contribution >= 0.6 is 0 Å². The first-order valence-corrected chi connectivity index (χ1v) is 9.48. The molecule has 0 aromatic heterocycles. The van der Waals surface area contributed by atoms with Crippen LogP contribution in [0.4, 0.5) is 0 Å². The number of hydrogen-bond acceptors (Lipinski definition) is 3. The Kier molecular flexibility index (Phi) is 5.97. The zero-order valence-electron chi connectivity index (χ0n) is 15.4. The van der Waals surface area contributed by atoms with Gasteiger partial charge in [-0.05, 0) is 31.7 Å². The molecule has 5 nitrogen and oxygen atoms in total. The third-order valence-corrected chi connectivity index (χ3v) is 5.98. The minimum atomic E-state index is 0.0648. The van der Waals surface area contributed by atoms with Gasteiger partial charge in [-0.25, -0.2) is 0 Å². The second-order valence-electron chi connectivity index (χ2n) is 7.21. The van der Waals surface area contributed by atoms with Gasteiger partial charge in [-0.2, -0.15) is 0 Å². The minimum absolute atomic E-state index is 0.0648. The second-order valence-corrected chi connectivity index (χ2v) is 7.21. The zero-order chi connectivity index (χ0) is 17.7. The number of ether oxygens (including phenoxy) is 1. The summed E-state index contributed by atoms with van der Waals surface area (Å²) in [7, 11) is 1.80. The average molecular weight is 345 g/mol. The van der Waals surface area contributed by atoms with Crippen molar-refractivity contribution < 1.29 is 9.84 Å². The Morgan fingerprint density at radius 1 is 1.36 bits per heavy atom. The van der Waals surface area contributed by atoms with Crippen molar-refractivity contribution in [1.82, 2.24) is 10.6 Å². The van der Waals surface area contributed by atoms with Crippen LogP contribution < -0.4 is 10.6 Å². The van der Waals surface area contributed by atoms with E-state index in [-0.39, 0.29) is 12.5 Å². The molecule has 2 aliphatic rings. The Labute approximate surface area is 150 Å². The molecule has 1 spiro atoms. The van der Waals surface area contributed by atoms with Gasteiger partial charge in [-0.3, -0.25) is 4.99 Å². The van der Waals surface area contributed by atoms with Crippen LogP contribution in [-0.4, -0.2) is 50.0 Å². The van der Waals surface area contributed by atoms with Crippen molar-refractivity contribution in [2.75, 3.05) is 26.8 Å². The molecule has 5 heteroatoms. The predicted octanol–water partition coefficient (Wildman–Crippen LogP) is 2.28. The molecule has 2 saturated carbocycles. The first-order valence-electron chi connectivity index (χ1n) is 9.48. The molecule has 0 saturated heterocycles. The molecular formula is C20H31N3O2. The summed E-state index contributed by atoms with van der Waals surface area (Å²) in [4.78, 5) is 4.38. The molecule has 0 radical (unpaired) electrons. The lowest BCUT2D eigenvalue weighted by Gasteiger charge is -2.61. The molecule has 0 bridgehead atoms. The molecule has 2 aliphatic carbocycles. The SMILES string of the molecule is CCOC1CC(NC(=NC)NCC(CO)c2ccccc2)C12CCC2. The summed E-state index contributed by atoms with van der Waals surface area (Å²) in [6, 6.07) is 10.6. The summed E-state index contributed by atoms with van der Waals surface area (Å²) in [5, 5.41) is 16.7. The van der Waals surface area contributed by atoms with E-state index in [4.69, 9.17) is 4.74 Å². The summed E-state index contributed by atoms with van der Waals surface area (Å²) in [6.07, 6.45) is 5.24. The fraction of sp³-hybridized carbons (Fsp3) is 0.650. The van der Waals surface area contributed by atoms with E-state index in [2.05, 4.69) is 34.7 Å². The first kappa shape index (κ1) is 18.2. The van der Waals surface area contributed by atoms with E-state index in [0.717, 1.165) is 24.6 Å². The molecule has 3 rings (SSSR count).